The van der Waals surface area contributed by atoms with E-state index in [4.69, 9.17) is 0 Å². The zero-order valence-corrected chi connectivity index (χ0v) is 17.6. The Bertz CT molecular complexity index is 606. The van der Waals surface area contributed by atoms with Crippen molar-refractivity contribution >= 4 is 0 Å². The first-order valence-electron chi connectivity index (χ1n) is 11.0. The van der Waals surface area contributed by atoms with Gasteiger partial charge in [0.2, 0.25) is 0 Å². The third-order valence-corrected chi connectivity index (χ3v) is 7.17. The van der Waals surface area contributed by atoms with Gasteiger partial charge in [0, 0.05) is 18.2 Å². The molecule has 0 aromatic heterocycles. The molecule has 0 spiro atoms. The molecule has 0 saturated carbocycles. The van der Waals surface area contributed by atoms with Crippen LogP contribution in [0.1, 0.15) is 66.7 Å². The maximum Gasteiger partial charge on any atom is 0.0275 e. The molecule has 3 rings (SSSR count). The van der Waals surface area contributed by atoms with E-state index < -0.39 is 0 Å². The van der Waals surface area contributed by atoms with Gasteiger partial charge in [-0.15, -0.1) is 0 Å². The van der Waals surface area contributed by atoms with Gasteiger partial charge in [-0.05, 0) is 66.4 Å². The van der Waals surface area contributed by atoms with Gasteiger partial charge in [0.1, 0.15) is 0 Å². The van der Waals surface area contributed by atoms with Crippen molar-refractivity contribution in [3.8, 4) is 0 Å². The molecular formula is C25H39N. The molecule has 0 aromatic rings. The summed E-state index contributed by atoms with van der Waals surface area (Å²) in [4.78, 5) is 0. The minimum atomic E-state index is 0.553. The average molecular weight is 354 g/mol. The van der Waals surface area contributed by atoms with Gasteiger partial charge in [-0.25, -0.2) is 0 Å². The van der Waals surface area contributed by atoms with Crippen LogP contribution in [-0.2, 0) is 0 Å². The van der Waals surface area contributed by atoms with E-state index in [1.54, 1.807) is 5.57 Å². The molecule has 1 aliphatic heterocycles. The molecule has 0 aromatic carbocycles. The first-order chi connectivity index (χ1) is 12.5. The third-order valence-electron chi connectivity index (χ3n) is 7.17. The Kier molecular flexibility index (Phi) is 6.48. The molecule has 0 fully saturated rings. The highest BCUT2D eigenvalue weighted by molar-refractivity contribution is 5.47. The minimum Gasteiger partial charge on any atom is -0.387 e. The molecule has 144 valence electrons. The molecule has 0 bridgehead atoms. The second-order valence-corrected chi connectivity index (χ2v) is 9.42. The molecule has 6 unspecified atom stereocenters. The standard InChI is InChI=1S/C25H39N/c1-6-17(2)13-21-14-18(3)16-26-25-23(20(5)19(4)15-21)12-11-22-9-7-8-10-24(22)25/h7-9,11-12,17-21,24,26H,6,10,13-16H2,1-5H3. The molecule has 3 aliphatic rings. The maximum absolute atomic E-state index is 3.93. The zero-order chi connectivity index (χ0) is 18.7. The van der Waals surface area contributed by atoms with Gasteiger partial charge >= 0.3 is 0 Å². The fourth-order valence-electron chi connectivity index (χ4n) is 5.20. The maximum atomic E-state index is 3.93. The number of fused-ring (bicyclic) bond motifs is 2. The predicted molar refractivity (Wildman–Crippen MR) is 114 cm³/mol. The van der Waals surface area contributed by atoms with E-state index in [0.717, 1.165) is 36.6 Å². The zero-order valence-electron chi connectivity index (χ0n) is 17.6. The van der Waals surface area contributed by atoms with Crippen molar-refractivity contribution in [2.45, 2.75) is 66.7 Å². The molecule has 0 amide bonds. The van der Waals surface area contributed by atoms with E-state index in [0.29, 0.717) is 11.8 Å². The van der Waals surface area contributed by atoms with Gasteiger partial charge in [-0.1, -0.05) is 71.4 Å². The lowest BCUT2D eigenvalue weighted by atomic mass is 9.72. The van der Waals surface area contributed by atoms with Crippen LogP contribution in [0.2, 0.25) is 0 Å². The summed E-state index contributed by atoms with van der Waals surface area (Å²) in [5.41, 5.74) is 4.58. The summed E-state index contributed by atoms with van der Waals surface area (Å²) in [6.07, 6.45) is 18.3. The van der Waals surface area contributed by atoms with E-state index in [-0.39, 0.29) is 0 Å². The van der Waals surface area contributed by atoms with Crippen LogP contribution in [-0.4, -0.2) is 6.54 Å². The Labute approximate surface area is 161 Å². The molecule has 6 atom stereocenters. The topological polar surface area (TPSA) is 12.0 Å². The monoisotopic (exact) mass is 353 g/mol. The van der Waals surface area contributed by atoms with Crippen molar-refractivity contribution in [3.63, 3.8) is 0 Å². The summed E-state index contributed by atoms with van der Waals surface area (Å²) in [5, 5.41) is 3.93. The first kappa shape index (κ1) is 19.5. The summed E-state index contributed by atoms with van der Waals surface area (Å²) in [6, 6.07) is 0. The molecule has 1 heteroatoms. The third kappa shape index (κ3) is 4.35. The fraction of sp³-hybridized carbons (Fsp3) is 0.680. The Hall–Kier alpha value is -1.24. The van der Waals surface area contributed by atoms with E-state index in [1.165, 1.54) is 37.0 Å². The van der Waals surface area contributed by atoms with Crippen molar-refractivity contribution in [2.75, 3.05) is 6.54 Å². The summed E-state index contributed by atoms with van der Waals surface area (Å²) >= 11 is 0. The summed E-state index contributed by atoms with van der Waals surface area (Å²) in [7, 11) is 0. The average Bonchev–Trinajstić information content (AvgIpc) is 2.64. The van der Waals surface area contributed by atoms with Crippen molar-refractivity contribution in [3.05, 3.63) is 47.2 Å². The normalized spacial score (nSPS) is 35.9. The summed E-state index contributed by atoms with van der Waals surface area (Å²) in [5.74, 6) is 4.41. The molecule has 1 heterocycles. The number of hydrogen-bond donors (Lipinski definition) is 1. The molecular weight excluding hydrogens is 314 g/mol. The van der Waals surface area contributed by atoms with Crippen LogP contribution in [0.25, 0.3) is 0 Å². The number of allylic oxidation sites excluding steroid dienone is 7. The molecule has 26 heavy (non-hydrogen) atoms. The Morgan fingerprint density at radius 2 is 1.96 bits per heavy atom. The Morgan fingerprint density at radius 3 is 2.73 bits per heavy atom. The highest BCUT2D eigenvalue weighted by Crippen LogP contribution is 2.40. The molecule has 2 aliphatic carbocycles. The van der Waals surface area contributed by atoms with Gasteiger partial charge in [0.15, 0.2) is 0 Å². The van der Waals surface area contributed by atoms with Crippen LogP contribution in [0, 0.1) is 35.5 Å². The van der Waals surface area contributed by atoms with Crippen LogP contribution in [0.15, 0.2) is 47.2 Å². The Balaban J connectivity index is 1.85. The van der Waals surface area contributed by atoms with E-state index in [9.17, 15) is 0 Å². The number of nitrogens with one attached hydrogen (secondary N) is 1. The van der Waals surface area contributed by atoms with Crippen molar-refractivity contribution < 1.29 is 0 Å². The molecule has 0 saturated heterocycles. The van der Waals surface area contributed by atoms with Crippen LogP contribution in [0.5, 0.6) is 0 Å². The number of hydrogen-bond acceptors (Lipinski definition) is 1. The highest BCUT2D eigenvalue weighted by atomic mass is 14.9. The molecule has 1 N–H and O–H groups in total. The summed E-state index contributed by atoms with van der Waals surface area (Å²) < 4.78 is 0. The van der Waals surface area contributed by atoms with Crippen molar-refractivity contribution in [1.82, 2.24) is 5.32 Å². The lowest BCUT2D eigenvalue weighted by Crippen LogP contribution is -2.33. The minimum absolute atomic E-state index is 0.553. The highest BCUT2D eigenvalue weighted by Gasteiger charge is 2.31. The lowest BCUT2D eigenvalue weighted by molar-refractivity contribution is 0.240. The van der Waals surface area contributed by atoms with Crippen LogP contribution in [0.4, 0.5) is 0 Å². The van der Waals surface area contributed by atoms with Crippen LogP contribution >= 0.6 is 0 Å². The van der Waals surface area contributed by atoms with Gasteiger partial charge in [-0.3, -0.25) is 0 Å². The van der Waals surface area contributed by atoms with Gasteiger partial charge in [-0.2, -0.15) is 0 Å². The van der Waals surface area contributed by atoms with Gasteiger partial charge in [0.25, 0.3) is 0 Å². The number of rotatable bonds is 3. The van der Waals surface area contributed by atoms with Crippen LogP contribution < -0.4 is 5.32 Å². The second kappa shape index (κ2) is 8.63. The van der Waals surface area contributed by atoms with Crippen molar-refractivity contribution in [1.29, 1.82) is 0 Å². The van der Waals surface area contributed by atoms with Crippen LogP contribution in [0.3, 0.4) is 0 Å². The quantitative estimate of drug-likeness (QED) is 0.598. The Morgan fingerprint density at radius 1 is 1.15 bits per heavy atom. The van der Waals surface area contributed by atoms with Gasteiger partial charge in [0.05, 0.1) is 0 Å². The molecule has 0 radical (unpaired) electrons. The predicted octanol–water partition coefficient (Wildman–Crippen LogP) is 6.66. The largest absolute Gasteiger partial charge is 0.387 e. The smallest absolute Gasteiger partial charge is 0.0275 e. The second-order valence-electron chi connectivity index (χ2n) is 9.42. The van der Waals surface area contributed by atoms with E-state index in [1.807, 2.05) is 0 Å². The van der Waals surface area contributed by atoms with Crippen molar-refractivity contribution in [2.24, 2.45) is 35.5 Å². The summed E-state index contributed by atoms with van der Waals surface area (Å²) in [6.45, 7) is 13.3. The fourth-order valence-corrected chi connectivity index (χ4v) is 5.20. The van der Waals surface area contributed by atoms with E-state index in [2.05, 4.69) is 70.3 Å². The lowest BCUT2D eigenvalue weighted by Gasteiger charge is -2.37. The van der Waals surface area contributed by atoms with E-state index >= 15 is 0 Å². The van der Waals surface area contributed by atoms with Gasteiger partial charge < -0.3 is 5.32 Å². The molecule has 1 nitrogen and oxygen atoms in total. The SMILES string of the molecule is CCC(C)CC1CC(C)CNC2=C(C=CC3=CC=CCC32)C(C)C(C)C1. The first-order valence-corrected chi connectivity index (χ1v) is 11.0.